The van der Waals surface area contributed by atoms with Crippen LogP contribution in [0.4, 0.5) is 0 Å². The maximum Gasteiger partial charge on any atom is 0.250 e. The third-order valence-electron chi connectivity index (χ3n) is 4.77. The number of likely N-dealkylation sites (tertiary alicyclic amines) is 1. The smallest absolute Gasteiger partial charge is 0.250 e. The maximum atomic E-state index is 11.9. The van der Waals surface area contributed by atoms with Gasteiger partial charge in [0, 0.05) is 35.7 Å². The van der Waals surface area contributed by atoms with E-state index in [2.05, 4.69) is 21.3 Å². The van der Waals surface area contributed by atoms with Crippen molar-refractivity contribution in [3.63, 3.8) is 0 Å². The summed E-state index contributed by atoms with van der Waals surface area (Å²) in [6, 6.07) is 7.47. The highest BCUT2D eigenvalue weighted by Gasteiger charge is 2.12. The Bertz CT molecular complexity index is 890. The van der Waals surface area contributed by atoms with Gasteiger partial charge in [-0.2, -0.15) is 0 Å². The number of carbonyl (C=O) groups is 2. The number of carbonyl (C=O) groups excluding carboxylic acids is 2. The lowest BCUT2D eigenvalue weighted by molar-refractivity contribution is -0.126. The molecule has 3 rings (SSSR count). The first-order valence-electron chi connectivity index (χ1n) is 10.1. The zero-order valence-corrected chi connectivity index (χ0v) is 17.7. The van der Waals surface area contributed by atoms with Gasteiger partial charge in [0.2, 0.25) is 11.8 Å². The number of rotatable bonds is 9. The Balaban J connectivity index is 1.40. The predicted octanol–water partition coefficient (Wildman–Crippen LogP) is 2.35. The minimum absolute atomic E-state index is 0.143. The summed E-state index contributed by atoms with van der Waals surface area (Å²) in [6.07, 6.45) is 10.6. The summed E-state index contributed by atoms with van der Waals surface area (Å²) in [5, 5.41) is 2.23. The second kappa shape index (κ2) is 11.6. The molecule has 1 atom stereocenters. The SMILES string of the molecule is O=C(/C=C\Cc1cc(CN2CCCCC2)ccn1)NC(=O)CS(=O)Cc1ccco1. The summed E-state index contributed by atoms with van der Waals surface area (Å²) in [7, 11) is -1.43. The van der Waals surface area contributed by atoms with E-state index in [1.807, 2.05) is 6.07 Å². The van der Waals surface area contributed by atoms with Crippen molar-refractivity contribution in [2.45, 2.75) is 38.0 Å². The summed E-state index contributed by atoms with van der Waals surface area (Å²) in [5.41, 5.74) is 2.09. The van der Waals surface area contributed by atoms with Crippen LogP contribution < -0.4 is 5.32 Å². The van der Waals surface area contributed by atoms with Gasteiger partial charge in [-0.05, 0) is 61.8 Å². The number of nitrogens with zero attached hydrogens (tertiary/aromatic N) is 2. The molecule has 2 aromatic heterocycles. The van der Waals surface area contributed by atoms with Crippen molar-refractivity contribution in [2.75, 3.05) is 18.8 Å². The van der Waals surface area contributed by atoms with Crippen LogP contribution in [0.3, 0.4) is 0 Å². The predicted molar refractivity (Wildman–Crippen MR) is 115 cm³/mol. The molecule has 1 unspecified atom stereocenters. The largest absolute Gasteiger partial charge is 0.468 e. The molecule has 1 saturated heterocycles. The molecule has 3 heterocycles. The normalized spacial score (nSPS) is 15.9. The van der Waals surface area contributed by atoms with Crippen LogP contribution in [-0.4, -0.2) is 44.7 Å². The molecule has 2 amide bonds. The number of aromatic nitrogens is 1. The van der Waals surface area contributed by atoms with E-state index in [0.717, 1.165) is 25.3 Å². The number of allylic oxidation sites excluding steroid dienone is 1. The molecule has 0 spiro atoms. The van der Waals surface area contributed by atoms with Gasteiger partial charge < -0.3 is 4.42 Å². The molecule has 0 saturated carbocycles. The highest BCUT2D eigenvalue weighted by Crippen LogP contribution is 2.13. The molecule has 0 radical (unpaired) electrons. The molecular weight excluding hydrogens is 402 g/mol. The fraction of sp³-hybridized carbons (Fsp3) is 0.409. The molecule has 2 aromatic rings. The number of amides is 2. The number of furan rings is 1. The van der Waals surface area contributed by atoms with Crippen LogP contribution in [0.1, 0.15) is 36.3 Å². The first-order chi connectivity index (χ1) is 14.6. The summed E-state index contributed by atoms with van der Waals surface area (Å²) < 4.78 is 17.0. The Morgan fingerprint density at radius 1 is 1.23 bits per heavy atom. The summed E-state index contributed by atoms with van der Waals surface area (Å²) in [4.78, 5) is 30.6. The van der Waals surface area contributed by atoms with Crippen LogP contribution in [0.5, 0.6) is 0 Å². The fourth-order valence-electron chi connectivity index (χ4n) is 3.37. The average molecular weight is 430 g/mol. The van der Waals surface area contributed by atoms with Gasteiger partial charge in [-0.15, -0.1) is 0 Å². The van der Waals surface area contributed by atoms with Crippen molar-refractivity contribution in [1.29, 1.82) is 0 Å². The molecule has 1 aliphatic heterocycles. The van der Waals surface area contributed by atoms with E-state index >= 15 is 0 Å². The molecule has 0 aromatic carbocycles. The van der Waals surface area contributed by atoms with Crippen molar-refractivity contribution in [3.05, 3.63) is 65.9 Å². The zero-order chi connectivity index (χ0) is 21.2. The first kappa shape index (κ1) is 22.1. The van der Waals surface area contributed by atoms with E-state index in [1.165, 1.54) is 37.2 Å². The quantitative estimate of drug-likeness (QED) is 0.615. The number of imide groups is 1. The second-order valence-corrected chi connectivity index (χ2v) is 8.78. The Morgan fingerprint density at radius 3 is 2.83 bits per heavy atom. The lowest BCUT2D eigenvalue weighted by Crippen LogP contribution is -2.32. The number of piperidine rings is 1. The molecule has 160 valence electrons. The monoisotopic (exact) mass is 429 g/mol. The third-order valence-corrected chi connectivity index (χ3v) is 5.96. The zero-order valence-electron chi connectivity index (χ0n) is 16.9. The average Bonchev–Trinajstić information content (AvgIpc) is 3.21. The Hall–Kier alpha value is -2.58. The number of nitrogens with one attached hydrogen (secondary N) is 1. The molecular formula is C22H27N3O4S. The van der Waals surface area contributed by atoms with E-state index in [0.29, 0.717) is 12.2 Å². The Kier molecular flexibility index (Phi) is 8.53. The van der Waals surface area contributed by atoms with Crippen LogP contribution in [0.2, 0.25) is 0 Å². The minimum Gasteiger partial charge on any atom is -0.468 e. The Labute approximate surface area is 179 Å². The molecule has 8 heteroatoms. The van der Waals surface area contributed by atoms with Gasteiger partial charge in [0.15, 0.2) is 0 Å². The maximum absolute atomic E-state index is 11.9. The Morgan fingerprint density at radius 2 is 2.07 bits per heavy atom. The van der Waals surface area contributed by atoms with E-state index in [-0.39, 0.29) is 11.5 Å². The van der Waals surface area contributed by atoms with Gasteiger partial charge in [0.05, 0.1) is 12.0 Å². The minimum atomic E-state index is -1.43. The van der Waals surface area contributed by atoms with Gasteiger partial charge in [-0.25, -0.2) is 0 Å². The van der Waals surface area contributed by atoms with E-state index in [1.54, 1.807) is 24.4 Å². The van der Waals surface area contributed by atoms with Crippen LogP contribution >= 0.6 is 0 Å². The van der Waals surface area contributed by atoms with Crippen molar-refractivity contribution in [3.8, 4) is 0 Å². The number of hydrogen-bond acceptors (Lipinski definition) is 6. The fourth-order valence-corrected chi connectivity index (χ4v) is 4.31. The van der Waals surface area contributed by atoms with E-state index in [9.17, 15) is 13.8 Å². The number of pyridine rings is 1. The lowest BCUT2D eigenvalue weighted by Gasteiger charge is -2.26. The van der Waals surface area contributed by atoms with Gasteiger partial charge in [0.25, 0.3) is 0 Å². The van der Waals surface area contributed by atoms with Crippen molar-refractivity contribution >= 4 is 22.6 Å². The van der Waals surface area contributed by atoms with Crippen LogP contribution in [-0.2, 0) is 39.1 Å². The van der Waals surface area contributed by atoms with Crippen molar-refractivity contribution in [2.24, 2.45) is 0 Å². The van der Waals surface area contributed by atoms with Gasteiger partial charge in [-0.3, -0.25) is 29.0 Å². The van der Waals surface area contributed by atoms with Gasteiger partial charge in [-0.1, -0.05) is 12.5 Å². The third kappa shape index (κ3) is 7.68. The second-order valence-electron chi connectivity index (χ2n) is 7.32. The molecule has 0 bridgehead atoms. The molecule has 1 aliphatic rings. The number of hydrogen-bond donors (Lipinski definition) is 1. The van der Waals surface area contributed by atoms with Crippen LogP contribution in [0.25, 0.3) is 0 Å². The van der Waals surface area contributed by atoms with E-state index < -0.39 is 22.6 Å². The van der Waals surface area contributed by atoms with Gasteiger partial charge >= 0.3 is 0 Å². The summed E-state index contributed by atoms with van der Waals surface area (Å²) >= 11 is 0. The van der Waals surface area contributed by atoms with Crippen LogP contribution in [0, 0.1) is 0 Å². The molecule has 7 nitrogen and oxygen atoms in total. The molecule has 1 fully saturated rings. The molecule has 30 heavy (non-hydrogen) atoms. The topological polar surface area (TPSA) is 92.5 Å². The first-order valence-corrected chi connectivity index (χ1v) is 11.6. The summed E-state index contributed by atoms with van der Waals surface area (Å²) in [5.74, 6) is -0.664. The van der Waals surface area contributed by atoms with Crippen molar-refractivity contribution < 1.29 is 18.2 Å². The van der Waals surface area contributed by atoms with Crippen molar-refractivity contribution in [1.82, 2.24) is 15.2 Å². The molecule has 1 N–H and O–H groups in total. The molecule has 0 aliphatic carbocycles. The standard InChI is InChI=1S/C22H27N3O4S/c26-21(24-22(27)17-30(28)16-20-7-5-13-29-20)8-4-6-19-14-18(9-10-23-19)15-25-11-2-1-3-12-25/h4-5,7-10,13-14H,1-3,6,11-12,15-17H2,(H,24,26,27)/b8-4-. The van der Waals surface area contributed by atoms with Gasteiger partial charge in [0.1, 0.15) is 11.5 Å². The highest BCUT2D eigenvalue weighted by atomic mass is 32.2. The van der Waals surface area contributed by atoms with E-state index in [4.69, 9.17) is 4.42 Å². The lowest BCUT2D eigenvalue weighted by atomic mass is 10.1. The van der Waals surface area contributed by atoms with Crippen LogP contribution in [0.15, 0.2) is 53.3 Å². The summed E-state index contributed by atoms with van der Waals surface area (Å²) in [6.45, 7) is 3.19. The highest BCUT2D eigenvalue weighted by molar-refractivity contribution is 7.84.